The second-order valence-corrected chi connectivity index (χ2v) is 6.27. The topological polar surface area (TPSA) is 43.4 Å². The van der Waals surface area contributed by atoms with Gasteiger partial charge in [-0.1, -0.05) is 17.7 Å². The standard InChI is InChI=1S/C9H10Cl2O3S/c1-6-3-7(5-15(11,12)13)4-8(14-2)9(6)10/h3-4H,5H2,1-2H3. The van der Waals surface area contributed by atoms with Gasteiger partial charge in [0.2, 0.25) is 9.05 Å². The maximum atomic E-state index is 10.9. The van der Waals surface area contributed by atoms with Gasteiger partial charge in [0, 0.05) is 10.7 Å². The summed E-state index contributed by atoms with van der Waals surface area (Å²) >= 11 is 5.93. The minimum atomic E-state index is -3.56. The third-order valence-electron chi connectivity index (χ3n) is 1.84. The molecule has 0 radical (unpaired) electrons. The quantitative estimate of drug-likeness (QED) is 0.792. The number of rotatable bonds is 3. The zero-order valence-corrected chi connectivity index (χ0v) is 10.6. The highest BCUT2D eigenvalue weighted by molar-refractivity contribution is 8.13. The molecule has 0 aliphatic carbocycles. The maximum Gasteiger partial charge on any atom is 0.236 e. The first kappa shape index (κ1) is 12.6. The molecule has 0 atom stereocenters. The van der Waals surface area contributed by atoms with Gasteiger partial charge < -0.3 is 4.74 Å². The van der Waals surface area contributed by atoms with E-state index in [1.54, 1.807) is 19.1 Å². The summed E-state index contributed by atoms with van der Waals surface area (Å²) in [6.45, 7) is 1.77. The molecule has 84 valence electrons. The fraction of sp³-hybridized carbons (Fsp3) is 0.333. The minimum absolute atomic E-state index is 0.233. The van der Waals surface area contributed by atoms with E-state index in [1.165, 1.54) is 7.11 Å². The molecule has 1 aromatic rings. The zero-order chi connectivity index (χ0) is 11.6. The van der Waals surface area contributed by atoms with E-state index in [-0.39, 0.29) is 5.75 Å². The minimum Gasteiger partial charge on any atom is -0.495 e. The van der Waals surface area contributed by atoms with Crippen LogP contribution in [0.15, 0.2) is 12.1 Å². The van der Waals surface area contributed by atoms with Crippen LogP contribution in [-0.2, 0) is 14.8 Å². The summed E-state index contributed by atoms with van der Waals surface area (Å²) in [7, 11) is 3.07. The van der Waals surface area contributed by atoms with Crippen molar-refractivity contribution in [1.29, 1.82) is 0 Å². The Morgan fingerprint density at radius 1 is 1.40 bits per heavy atom. The molecule has 0 saturated carbocycles. The zero-order valence-electron chi connectivity index (χ0n) is 8.25. The monoisotopic (exact) mass is 268 g/mol. The van der Waals surface area contributed by atoms with Crippen LogP contribution < -0.4 is 4.74 Å². The molecule has 0 aliphatic rings. The number of ether oxygens (including phenoxy) is 1. The first-order valence-electron chi connectivity index (χ1n) is 4.09. The molecule has 0 N–H and O–H groups in total. The molecule has 15 heavy (non-hydrogen) atoms. The summed E-state index contributed by atoms with van der Waals surface area (Å²) in [6.07, 6.45) is 0. The smallest absolute Gasteiger partial charge is 0.236 e. The number of hydrogen-bond donors (Lipinski definition) is 0. The Kier molecular flexibility index (Phi) is 3.87. The van der Waals surface area contributed by atoms with Gasteiger partial charge >= 0.3 is 0 Å². The Balaban J connectivity index is 3.17. The van der Waals surface area contributed by atoms with E-state index in [4.69, 9.17) is 27.0 Å². The maximum absolute atomic E-state index is 10.9. The van der Waals surface area contributed by atoms with Crippen molar-refractivity contribution in [3.8, 4) is 5.75 Å². The van der Waals surface area contributed by atoms with Gasteiger partial charge in [0.15, 0.2) is 0 Å². The molecular weight excluding hydrogens is 259 g/mol. The molecule has 0 spiro atoms. The van der Waals surface area contributed by atoms with Gasteiger partial charge in [-0.25, -0.2) is 8.42 Å². The fourth-order valence-electron chi connectivity index (χ4n) is 1.24. The van der Waals surface area contributed by atoms with Gasteiger partial charge in [-0.3, -0.25) is 0 Å². The summed E-state index contributed by atoms with van der Waals surface area (Å²) in [6, 6.07) is 3.24. The van der Waals surface area contributed by atoms with E-state index >= 15 is 0 Å². The molecule has 0 fully saturated rings. The predicted octanol–water partition coefficient (Wildman–Crippen LogP) is 2.73. The van der Waals surface area contributed by atoms with Crippen molar-refractivity contribution < 1.29 is 13.2 Å². The molecule has 0 aromatic heterocycles. The number of hydrogen-bond acceptors (Lipinski definition) is 3. The van der Waals surface area contributed by atoms with Crippen LogP contribution in [0.1, 0.15) is 11.1 Å². The number of methoxy groups -OCH3 is 1. The highest BCUT2D eigenvalue weighted by atomic mass is 35.7. The second kappa shape index (κ2) is 4.60. The highest BCUT2D eigenvalue weighted by Crippen LogP contribution is 2.30. The lowest BCUT2D eigenvalue weighted by Crippen LogP contribution is -1.97. The predicted molar refractivity (Wildman–Crippen MR) is 61.2 cm³/mol. The van der Waals surface area contributed by atoms with E-state index in [9.17, 15) is 8.42 Å². The lowest BCUT2D eigenvalue weighted by atomic mass is 10.1. The van der Waals surface area contributed by atoms with Crippen molar-refractivity contribution in [3.05, 3.63) is 28.3 Å². The Hall–Kier alpha value is -0.450. The van der Waals surface area contributed by atoms with Gasteiger partial charge in [0.1, 0.15) is 5.75 Å². The van der Waals surface area contributed by atoms with Crippen molar-refractivity contribution in [2.24, 2.45) is 0 Å². The van der Waals surface area contributed by atoms with Crippen LogP contribution in [0, 0.1) is 6.92 Å². The molecule has 0 aliphatic heterocycles. The molecule has 1 rings (SSSR count). The van der Waals surface area contributed by atoms with E-state index in [0.717, 1.165) is 5.56 Å². The van der Waals surface area contributed by atoms with Crippen LogP contribution in [0.2, 0.25) is 5.02 Å². The molecule has 6 heteroatoms. The largest absolute Gasteiger partial charge is 0.495 e. The van der Waals surface area contributed by atoms with Crippen molar-refractivity contribution in [2.45, 2.75) is 12.7 Å². The molecule has 0 bridgehead atoms. The number of halogens is 2. The normalized spacial score (nSPS) is 11.5. The highest BCUT2D eigenvalue weighted by Gasteiger charge is 2.11. The van der Waals surface area contributed by atoms with Crippen molar-refractivity contribution in [1.82, 2.24) is 0 Å². The summed E-state index contributed by atoms with van der Waals surface area (Å²) < 4.78 is 26.8. The van der Waals surface area contributed by atoms with Gasteiger partial charge in [0.25, 0.3) is 0 Å². The van der Waals surface area contributed by atoms with E-state index in [2.05, 4.69) is 0 Å². The average Bonchev–Trinajstić information content (AvgIpc) is 2.08. The van der Waals surface area contributed by atoms with Crippen molar-refractivity contribution >= 4 is 31.3 Å². The Labute approximate surface area is 98.4 Å². The Morgan fingerprint density at radius 3 is 2.47 bits per heavy atom. The van der Waals surface area contributed by atoms with E-state index in [1.807, 2.05) is 0 Å². The van der Waals surface area contributed by atoms with Crippen molar-refractivity contribution in [3.63, 3.8) is 0 Å². The lowest BCUT2D eigenvalue weighted by Gasteiger charge is -2.08. The Morgan fingerprint density at radius 2 is 2.00 bits per heavy atom. The third kappa shape index (κ3) is 3.55. The third-order valence-corrected chi connectivity index (χ3v) is 3.33. The summed E-state index contributed by atoms with van der Waals surface area (Å²) in [5, 5.41) is 0.480. The van der Waals surface area contributed by atoms with Crippen LogP contribution in [0.5, 0.6) is 5.75 Å². The van der Waals surface area contributed by atoms with Gasteiger partial charge in [0.05, 0.1) is 17.9 Å². The van der Waals surface area contributed by atoms with Crippen LogP contribution in [0.25, 0.3) is 0 Å². The number of aryl methyl sites for hydroxylation is 1. The van der Waals surface area contributed by atoms with Crippen molar-refractivity contribution in [2.75, 3.05) is 7.11 Å². The molecule has 3 nitrogen and oxygen atoms in total. The van der Waals surface area contributed by atoms with Gasteiger partial charge in [-0.15, -0.1) is 0 Å². The lowest BCUT2D eigenvalue weighted by molar-refractivity contribution is 0.414. The van der Waals surface area contributed by atoms with Crippen LogP contribution in [0.4, 0.5) is 0 Å². The summed E-state index contributed by atoms with van der Waals surface area (Å²) in [5.41, 5.74) is 1.31. The van der Waals surface area contributed by atoms with Crippen LogP contribution >= 0.6 is 22.3 Å². The van der Waals surface area contributed by atoms with E-state index in [0.29, 0.717) is 16.3 Å². The first-order chi connectivity index (χ1) is 6.83. The second-order valence-electron chi connectivity index (χ2n) is 3.11. The molecule has 1 aromatic carbocycles. The van der Waals surface area contributed by atoms with E-state index < -0.39 is 9.05 Å². The summed E-state index contributed by atoms with van der Waals surface area (Å²) in [4.78, 5) is 0. The van der Waals surface area contributed by atoms with Crippen LogP contribution in [-0.4, -0.2) is 15.5 Å². The molecule has 0 unspecified atom stereocenters. The molecule has 0 amide bonds. The molecule has 0 saturated heterocycles. The van der Waals surface area contributed by atoms with Gasteiger partial charge in [-0.05, 0) is 24.1 Å². The number of benzene rings is 1. The first-order valence-corrected chi connectivity index (χ1v) is 6.94. The molecular formula is C9H10Cl2O3S. The SMILES string of the molecule is COc1cc(CS(=O)(=O)Cl)cc(C)c1Cl. The summed E-state index contributed by atoms with van der Waals surface area (Å²) in [5.74, 6) is 0.218. The average molecular weight is 269 g/mol. The Bertz CT molecular complexity index is 468. The fourth-order valence-corrected chi connectivity index (χ4v) is 2.37. The van der Waals surface area contributed by atoms with Crippen LogP contribution in [0.3, 0.4) is 0 Å². The molecule has 0 heterocycles. The van der Waals surface area contributed by atoms with Gasteiger partial charge in [-0.2, -0.15) is 0 Å².